The van der Waals surface area contributed by atoms with E-state index in [0.29, 0.717) is 5.84 Å². The van der Waals surface area contributed by atoms with E-state index in [9.17, 15) is 0 Å². The summed E-state index contributed by atoms with van der Waals surface area (Å²) in [7, 11) is 0. The van der Waals surface area contributed by atoms with Crippen molar-refractivity contribution >= 4 is 66.5 Å². The number of nitrogens with one attached hydrogen (secondary N) is 1. The number of furan rings is 1. The van der Waals surface area contributed by atoms with E-state index >= 15 is 0 Å². The Labute approximate surface area is 216 Å². The molecule has 1 heterocycles. The number of hydrogen-bond donors (Lipinski definition) is 1. The van der Waals surface area contributed by atoms with Crippen molar-refractivity contribution in [2.75, 3.05) is 0 Å². The zero-order valence-corrected chi connectivity index (χ0v) is 20.7. The summed E-state index contributed by atoms with van der Waals surface area (Å²) < 4.78 is 7.14. The van der Waals surface area contributed by atoms with Crippen LogP contribution in [0, 0.1) is 5.41 Å². The van der Waals surface area contributed by atoms with E-state index in [2.05, 4.69) is 28.1 Å². The topological polar surface area (TPSA) is 61.7 Å². The normalized spacial score (nSPS) is 12.2. The minimum absolute atomic E-state index is 0.150. The molecule has 6 aromatic rings. The van der Waals surface area contributed by atoms with Crippen LogP contribution in [0.3, 0.4) is 0 Å². The highest BCUT2D eigenvalue weighted by Crippen LogP contribution is 2.30. The second-order valence-electron chi connectivity index (χ2n) is 8.37. The van der Waals surface area contributed by atoms with Crippen LogP contribution in [-0.2, 0) is 0 Å². The number of rotatable bonds is 3. The summed E-state index contributed by atoms with van der Waals surface area (Å²) in [5.74, 6) is 0.609. The van der Waals surface area contributed by atoms with Crippen molar-refractivity contribution in [1.82, 2.24) is 0 Å². The van der Waals surface area contributed by atoms with Gasteiger partial charge in [0.05, 0.1) is 0 Å². The highest BCUT2D eigenvalue weighted by Gasteiger charge is 2.12. The van der Waals surface area contributed by atoms with Crippen LogP contribution in [0.25, 0.3) is 32.7 Å². The molecule has 0 fully saturated rings. The van der Waals surface area contributed by atoms with Gasteiger partial charge in [0, 0.05) is 38.2 Å². The molecule has 0 saturated heterocycles. The Balaban J connectivity index is 1.46. The number of aliphatic imine (C=N–C) groups is 2. The molecule has 5 heteroatoms. The van der Waals surface area contributed by atoms with Gasteiger partial charge in [-0.25, -0.2) is 9.98 Å². The molecule has 6 rings (SSSR count). The van der Waals surface area contributed by atoms with Crippen molar-refractivity contribution in [1.29, 1.82) is 5.41 Å². The number of para-hydroxylation sites is 2. The predicted octanol–water partition coefficient (Wildman–Crippen LogP) is 8.39. The van der Waals surface area contributed by atoms with Crippen LogP contribution in [-0.4, -0.2) is 17.9 Å². The highest BCUT2D eigenvalue weighted by atomic mass is 79.9. The second kappa shape index (κ2) is 9.36. The summed E-state index contributed by atoms with van der Waals surface area (Å²) >= 11 is 3.61. The molecule has 36 heavy (non-hydrogen) atoms. The lowest BCUT2D eigenvalue weighted by atomic mass is 10.0. The molecule has 0 aliphatic carbocycles. The lowest BCUT2D eigenvalue weighted by Crippen LogP contribution is -2.05. The molecule has 0 bridgehead atoms. The molecule has 0 spiro atoms. The van der Waals surface area contributed by atoms with Crippen LogP contribution in [0.2, 0.25) is 0 Å². The van der Waals surface area contributed by atoms with Gasteiger partial charge in [0.1, 0.15) is 11.2 Å². The lowest BCUT2D eigenvalue weighted by molar-refractivity contribution is 0.668. The van der Waals surface area contributed by atoms with Crippen molar-refractivity contribution in [3.05, 3.63) is 130 Å². The lowest BCUT2D eigenvalue weighted by Gasteiger charge is -2.08. The van der Waals surface area contributed by atoms with Crippen molar-refractivity contribution in [2.45, 2.75) is 0 Å². The summed E-state index contributed by atoms with van der Waals surface area (Å²) in [6.07, 6.45) is 1.77. The van der Waals surface area contributed by atoms with E-state index in [1.807, 2.05) is 97.1 Å². The maximum Gasteiger partial charge on any atom is 0.161 e. The van der Waals surface area contributed by atoms with Gasteiger partial charge in [-0.1, -0.05) is 101 Å². The van der Waals surface area contributed by atoms with Gasteiger partial charge in [0.2, 0.25) is 0 Å². The summed E-state index contributed by atoms with van der Waals surface area (Å²) in [5, 5.41) is 13.0. The van der Waals surface area contributed by atoms with E-state index < -0.39 is 0 Å². The molecule has 0 amide bonds. The Morgan fingerprint density at radius 3 is 2.22 bits per heavy atom. The molecule has 0 aliphatic rings. The van der Waals surface area contributed by atoms with Gasteiger partial charge in [-0.15, -0.1) is 0 Å². The summed E-state index contributed by atoms with van der Waals surface area (Å²) in [4.78, 5) is 9.45. The SMILES string of the molecule is N=C(N=C(N=Cc1cccc2c1oc1ccccc12)c1ccccc1)c1ccc(Br)c2ccccc12. The number of halogens is 1. The Bertz CT molecular complexity index is 1820. The predicted molar refractivity (Wildman–Crippen MR) is 153 cm³/mol. The molecule has 0 aliphatic heterocycles. The Morgan fingerprint density at radius 2 is 1.39 bits per heavy atom. The third kappa shape index (κ3) is 4.04. The van der Waals surface area contributed by atoms with Crippen molar-refractivity contribution < 1.29 is 4.42 Å². The number of nitrogens with zero attached hydrogens (tertiary/aromatic N) is 2. The zero-order chi connectivity index (χ0) is 24.5. The first-order valence-electron chi connectivity index (χ1n) is 11.5. The molecule has 1 N–H and O–H groups in total. The van der Waals surface area contributed by atoms with E-state index in [0.717, 1.165) is 53.9 Å². The number of fused-ring (bicyclic) bond motifs is 4. The van der Waals surface area contributed by atoms with Crippen LogP contribution in [0.5, 0.6) is 0 Å². The monoisotopic (exact) mass is 529 g/mol. The van der Waals surface area contributed by atoms with E-state index in [1.165, 1.54) is 0 Å². The highest BCUT2D eigenvalue weighted by molar-refractivity contribution is 9.10. The van der Waals surface area contributed by atoms with E-state index in [4.69, 9.17) is 19.8 Å². The first kappa shape index (κ1) is 22.1. The fourth-order valence-electron chi connectivity index (χ4n) is 4.39. The minimum atomic E-state index is 0.150. The molecule has 0 unspecified atom stereocenters. The van der Waals surface area contributed by atoms with Gasteiger partial charge in [-0.3, -0.25) is 5.41 Å². The molecule has 0 saturated carbocycles. The number of hydrogen-bond acceptors (Lipinski definition) is 2. The van der Waals surface area contributed by atoms with Crippen LogP contribution < -0.4 is 0 Å². The van der Waals surface area contributed by atoms with Crippen molar-refractivity contribution in [2.24, 2.45) is 9.98 Å². The van der Waals surface area contributed by atoms with Gasteiger partial charge in [0.15, 0.2) is 11.7 Å². The maximum atomic E-state index is 8.85. The number of amidine groups is 2. The molecule has 0 radical (unpaired) electrons. The summed E-state index contributed by atoms with van der Waals surface area (Å²) in [6.45, 7) is 0. The molecular weight excluding hydrogens is 510 g/mol. The van der Waals surface area contributed by atoms with Gasteiger partial charge < -0.3 is 4.42 Å². The van der Waals surface area contributed by atoms with Crippen molar-refractivity contribution in [3.63, 3.8) is 0 Å². The van der Waals surface area contributed by atoms with Crippen LogP contribution in [0.15, 0.2) is 128 Å². The first-order chi connectivity index (χ1) is 17.7. The molecule has 4 nitrogen and oxygen atoms in total. The molecule has 1 aromatic heterocycles. The summed E-state index contributed by atoms with van der Waals surface area (Å²) in [5.41, 5.74) is 4.06. The smallest absolute Gasteiger partial charge is 0.161 e. The average Bonchev–Trinajstić information content (AvgIpc) is 3.31. The fourth-order valence-corrected chi connectivity index (χ4v) is 4.87. The van der Waals surface area contributed by atoms with Crippen LogP contribution in [0.4, 0.5) is 0 Å². The van der Waals surface area contributed by atoms with Crippen LogP contribution in [0.1, 0.15) is 16.7 Å². The Kier molecular flexibility index (Phi) is 5.76. The Morgan fingerprint density at radius 1 is 0.694 bits per heavy atom. The van der Waals surface area contributed by atoms with E-state index in [-0.39, 0.29) is 5.84 Å². The third-order valence-electron chi connectivity index (χ3n) is 6.14. The zero-order valence-electron chi connectivity index (χ0n) is 19.2. The summed E-state index contributed by atoms with van der Waals surface area (Å²) in [6, 6.07) is 35.6. The van der Waals surface area contributed by atoms with Crippen molar-refractivity contribution in [3.8, 4) is 0 Å². The standard InChI is InChI=1S/C31H20BrN3O/c32-27-18-17-26(22-12-4-5-13-23(22)27)30(33)35-31(20-9-2-1-3-10-20)34-19-21-11-8-15-25-24-14-6-7-16-28(24)36-29(21)25/h1-19,33H. The molecule has 5 aromatic carbocycles. The largest absolute Gasteiger partial charge is 0.455 e. The van der Waals surface area contributed by atoms with Gasteiger partial charge >= 0.3 is 0 Å². The fraction of sp³-hybridized carbons (Fsp3) is 0. The van der Waals surface area contributed by atoms with E-state index in [1.54, 1.807) is 6.21 Å². The van der Waals surface area contributed by atoms with Gasteiger partial charge in [-0.2, -0.15) is 0 Å². The van der Waals surface area contributed by atoms with Crippen LogP contribution >= 0.6 is 15.9 Å². The second-order valence-corrected chi connectivity index (χ2v) is 9.23. The molecule has 172 valence electrons. The van der Waals surface area contributed by atoms with Gasteiger partial charge in [-0.05, 0) is 35.0 Å². The minimum Gasteiger partial charge on any atom is -0.455 e. The first-order valence-corrected chi connectivity index (χ1v) is 12.3. The molecule has 0 atom stereocenters. The third-order valence-corrected chi connectivity index (χ3v) is 6.83. The van der Waals surface area contributed by atoms with Gasteiger partial charge in [0.25, 0.3) is 0 Å². The Hall–Kier alpha value is -4.35. The maximum absolute atomic E-state index is 8.85. The number of benzene rings is 5. The quantitative estimate of drug-likeness (QED) is 0.181. The average molecular weight is 530 g/mol. The molecular formula is C31H20BrN3O.